The molecule has 1 rings (SSSR count). The number of primary sulfonamides is 1. The monoisotopic (exact) mass is 248 g/mol. The SMILES string of the molecule is CCNC(=NCCS(N)(=O)=O)NC1CC1C. The molecule has 1 aliphatic carbocycles. The van der Waals surface area contributed by atoms with Crippen LogP contribution in [0.1, 0.15) is 20.3 Å². The molecule has 0 aliphatic heterocycles. The molecule has 1 aliphatic rings. The van der Waals surface area contributed by atoms with E-state index in [2.05, 4.69) is 22.5 Å². The zero-order chi connectivity index (χ0) is 12.2. The lowest BCUT2D eigenvalue weighted by Gasteiger charge is -2.10. The summed E-state index contributed by atoms with van der Waals surface area (Å²) in [5, 5.41) is 11.2. The van der Waals surface area contributed by atoms with Gasteiger partial charge in [-0.15, -0.1) is 0 Å². The van der Waals surface area contributed by atoms with Crippen molar-refractivity contribution < 1.29 is 8.42 Å². The van der Waals surface area contributed by atoms with Gasteiger partial charge in [0.2, 0.25) is 10.0 Å². The second-order valence-electron chi connectivity index (χ2n) is 4.09. The van der Waals surface area contributed by atoms with Gasteiger partial charge in [-0.2, -0.15) is 0 Å². The van der Waals surface area contributed by atoms with Crippen molar-refractivity contribution in [3.63, 3.8) is 0 Å². The zero-order valence-corrected chi connectivity index (χ0v) is 10.5. The number of nitrogens with one attached hydrogen (secondary N) is 2. The lowest BCUT2D eigenvalue weighted by Crippen LogP contribution is -2.39. The van der Waals surface area contributed by atoms with Crippen LogP contribution in [-0.2, 0) is 10.0 Å². The predicted octanol–water partition coefficient (Wildman–Crippen LogP) is -0.762. The molecule has 94 valence electrons. The van der Waals surface area contributed by atoms with Crippen LogP contribution in [0.25, 0.3) is 0 Å². The normalized spacial score (nSPS) is 25.3. The highest BCUT2D eigenvalue weighted by molar-refractivity contribution is 7.89. The van der Waals surface area contributed by atoms with Crippen molar-refractivity contribution in [2.75, 3.05) is 18.8 Å². The topological polar surface area (TPSA) is 96.6 Å². The standard InChI is InChI=1S/C9H20N4O2S/c1-3-11-9(13-8-6-7(8)2)12-4-5-16(10,14)15/h7-8H,3-6H2,1-2H3,(H2,10,14,15)(H2,11,12,13). The molecule has 1 fully saturated rings. The number of rotatable bonds is 5. The van der Waals surface area contributed by atoms with Gasteiger partial charge >= 0.3 is 0 Å². The summed E-state index contributed by atoms with van der Waals surface area (Å²) >= 11 is 0. The molecule has 0 saturated heterocycles. The third-order valence-electron chi connectivity index (χ3n) is 2.42. The molecule has 0 bridgehead atoms. The second-order valence-corrected chi connectivity index (χ2v) is 5.83. The third-order valence-corrected chi connectivity index (χ3v) is 3.17. The maximum atomic E-state index is 10.7. The first-order valence-corrected chi connectivity index (χ1v) is 7.19. The summed E-state index contributed by atoms with van der Waals surface area (Å²) in [5.74, 6) is 1.21. The first kappa shape index (κ1) is 13.2. The van der Waals surface area contributed by atoms with E-state index in [4.69, 9.17) is 5.14 Å². The van der Waals surface area contributed by atoms with Crippen molar-refractivity contribution in [1.82, 2.24) is 10.6 Å². The summed E-state index contributed by atoms with van der Waals surface area (Å²) in [7, 11) is -3.42. The molecular weight excluding hydrogens is 228 g/mol. The van der Waals surface area contributed by atoms with E-state index in [-0.39, 0.29) is 12.3 Å². The number of hydrogen-bond acceptors (Lipinski definition) is 3. The van der Waals surface area contributed by atoms with Gasteiger partial charge in [-0.25, -0.2) is 13.6 Å². The van der Waals surface area contributed by atoms with E-state index in [1.165, 1.54) is 0 Å². The first-order valence-electron chi connectivity index (χ1n) is 5.47. The van der Waals surface area contributed by atoms with E-state index in [0.717, 1.165) is 13.0 Å². The Morgan fingerprint density at radius 2 is 2.19 bits per heavy atom. The number of nitrogens with two attached hydrogens (primary N) is 1. The van der Waals surface area contributed by atoms with Crippen molar-refractivity contribution >= 4 is 16.0 Å². The lowest BCUT2D eigenvalue weighted by molar-refractivity contribution is 0.597. The Morgan fingerprint density at radius 3 is 2.62 bits per heavy atom. The smallest absolute Gasteiger partial charge is 0.210 e. The number of nitrogens with zero attached hydrogens (tertiary/aromatic N) is 1. The molecular formula is C9H20N4O2S. The molecule has 0 aromatic heterocycles. The third kappa shape index (κ3) is 5.32. The Kier molecular flexibility index (Phi) is 4.55. The molecule has 16 heavy (non-hydrogen) atoms. The molecule has 0 aromatic rings. The Hall–Kier alpha value is -0.820. The van der Waals surface area contributed by atoms with Crippen LogP contribution < -0.4 is 15.8 Å². The van der Waals surface area contributed by atoms with E-state index >= 15 is 0 Å². The fraction of sp³-hybridized carbons (Fsp3) is 0.889. The quantitative estimate of drug-likeness (QED) is 0.440. The van der Waals surface area contributed by atoms with Crippen LogP contribution in [0.4, 0.5) is 0 Å². The minimum absolute atomic E-state index is 0.121. The molecule has 0 spiro atoms. The van der Waals surface area contributed by atoms with E-state index in [0.29, 0.717) is 17.9 Å². The van der Waals surface area contributed by atoms with E-state index in [1.54, 1.807) is 0 Å². The van der Waals surface area contributed by atoms with Gasteiger partial charge in [0.15, 0.2) is 5.96 Å². The molecule has 1 saturated carbocycles. The van der Waals surface area contributed by atoms with Gasteiger partial charge in [0.05, 0.1) is 12.3 Å². The molecule has 0 heterocycles. The van der Waals surface area contributed by atoms with Gasteiger partial charge in [-0.3, -0.25) is 4.99 Å². The van der Waals surface area contributed by atoms with Crippen LogP contribution in [0.5, 0.6) is 0 Å². The minimum Gasteiger partial charge on any atom is -0.357 e. The molecule has 0 radical (unpaired) electrons. The summed E-state index contributed by atoms with van der Waals surface area (Å²) in [6.45, 7) is 5.07. The number of guanidine groups is 1. The van der Waals surface area contributed by atoms with Crippen LogP contribution in [0.2, 0.25) is 0 Å². The van der Waals surface area contributed by atoms with Gasteiger partial charge < -0.3 is 10.6 Å². The van der Waals surface area contributed by atoms with Gasteiger partial charge in [0.25, 0.3) is 0 Å². The molecule has 4 N–H and O–H groups in total. The maximum Gasteiger partial charge on any atom is 0.210 e. The summed E-state index contributed by atoms with van der Waals surface area (Å²) in [5.41, 5.74) is 0. The molecule has 2 unspecified atom stereocenters. The van der Waals surface area contributed by atoms with Crippen molar-refractivity contribution in [1.29, 1.82) is 0 Å². The van der Waals surface area contributed by atoms with Crippen LogP contribution >= 0.6 is 0 Å². The van der Waals surface area contributed by atoms with Gasteiger partial charge in [0, 0.05) is 12.6 Å². The highest BCUT2D eigenvalue weighted by atomic mass is 32.2. The van der Waals surface area contributed by atoms with Crippen LogP contribution in [0.3, 0.4) is 0 Å². The maximum absolute atomic E-state index is 10.7. The lowest BCUT2D eigenvalue weighted by atomic mass is 10.5. The molecule has 0 amide bonds. The second kappa shape index (κ2) is 5.49. The number of aliphatic imine (C=N–C) groups is 1. The molecule has 2 atom stereocenters. The van der Waals surface area contributed by atoms with E-state index in [1.807, 2.05) is 6.92 Å². The molecule has 6 nitrogen and oxygen atoms in total. The predicted molar refractivity (Wildman–Crippen MR) is 64.7 cm³/mol. The summed E-state index contributed by atoms with van der Waals surface area (Å²) in [6, 6.07) is 0.465. The fourth-order valence-electron chi connectivity index (χ4n) is 1.30. The first-order chi connectivity index (χ1) is 7.42. The van der Waals surface area contributed by atoms with Crippen molar-refractivity contribution in [2.24, 2.45) is 16.0 Å². The Morgan fingerprint density at radius 1 is 1.56 bits per heavy atom. The summed E-state index contributed by atoms with van der Waals surface area (Å²) in [6.07, 6.45) is 1.14. The Balaban J connectivity index is 2.39. The largest absolute Gasteiger partial charge is 0.357 e. The highest BCUT2D eigenvalue weighted by Gasteiger charge is 2.33. The van der Waals surface area contributed by atoms with Crippen LogP contribution in [0, 0.1) is 5.92 Å². The average Bonchev–Trinajstić information content (AvgIpc) is 2.79. The van der Waals surface area contributed by atoms with Crippen molar-refractivity contribution in [3.8, 4) is 0 Å². The van der Waals surface area contributed by atoms with E-state index in [9.17, 15) is 8.42 Å². The Labute approximate surface area is 96.7 Å². The fourth-order valence-corrected chi connectivity index (χ4v) is 1.65. The van der Waals surface area contributed by atoms with Crippen LogP contribution in [-0.4, -0.2) is 39.3 Å². The van der Waals surface area contributed by atoms with E-state index < -0.39 is 10.0 Å². The van der Waals surface area contributed by atoms with Gasteiger partial charge in [-0.1, -0.05) is 6.92 Å². The van der Waals surface area contributed by atoms with Gasteiger partial charge in [0.1, 0.15) is 0 Å². The van der Waals surface area contributed by atoms with Gasteiger partial charge in [-0.05, 0) is 19.3 Å². The molecule has 0 aromatic carbocycles. The number of sulfonamides is 1. The average molecular weight is 248 g/mol. The molecule has 7 heteroatoms. The summed E-state index contributed by atoms with van der Waals surface area (Å²) < 4.78 is 21.4. The van der Waals surface area contributed by atoms with Crippen LogP contribution in [0.15, 0.2) is 4.99 Å². The van der Waals surface area contributed by atoms with Crippen molar-refractivity contribution in [2.45, 2.75) is 26.3 Å². The number of hydrogen-bond donors (Lipinski definition) is 3. The summed E-state index contributed by atoms with van der Waals surface area (Å²) in [4.78, 5) is 4.15. The Bertz CT molecular complexity index is 353. The zero-order valence-electron chi connectivity index (χ0n) is 9.73. The minimum atomic E-state index is -3.42. The van der Waals surface area contributed by atoms with Crippen molar-refractivity contribution in [3.05, 3.63) is 0 Å². The highest BCUT2D eigenvalue weighted by Crippen LogP contribution is 2.28.